The van der Waals surface area contributed by atoms with Gasteiger partial charge in [-0.2, -0.15) is 0 Å². The van der Waals surface area contributed by atoms with Gasteiger partial charge < -0.3 is 10.1 Å². The first-order valence-corrected chi connectivity index (χ1v) is 10.1. The third-order valence-corrected chi connectivity index (χ3v) is 5.87. The van der Waals surface area contributed by atoms with Crippen LogP contribution >= 0.6 is 11.6 Å². The summed E-state index contributed by atoms with van der Waals surface area (Å²) >= 11 is 5.94. The summed E-state index contributed by atoms with van der Waals surface area (Å²) in [6.45, 7) is 3.32. The zero-order valence-electron chi connectivity index (χ0n) is 15.6. The van der Waals surface area contributed by atoms with E-state index in [1.165, 1.54) is 6.07 Å². The van der Waals surface area contributed by atoms with Gasteiger partial charge >= 0.3 is 0 Å². The van der Waals surface area contributed by atoms with Crippen molar-refractivity contribution in [1.29, 1.82) is 0 Å². The van der Waals surface area contributed by atoms with Crippen LogP contribution in [-0.2, 0) is 9.53 Å². The van der Waals surface area contributed by atoms with Gasteiger partial charge in [-0.05, 0) is 47.7 Å². The number of hydrogen-bond acceptors (Lipinski definition) is 3. The van der Waals surface area contributed by atoms with Crippen molar-refractivity contribution in [2.75, 3.05) is 32.8 Å². The molecule has 1 aliphatic carbocycles. The number of morpholine rings is 1. The fourth-order valence-electron chi connectivity index (χ4n) is 3.95. The Hall–Kier alpha value is -1.95. The highest BCUT2D eigenvalue weighted by Crippen LogP contribution is 2.47. The van der Waals surface area contributed by atoms with Gasteiger partial charge in [-0.25, -0.2) is 4.39 Å². The molecule has 1 amide bonds. The van der Waals surface area contributed by atoms with Gasteiger partial charge in [-0.1, -0.05) is 35.9 Å². The number of carbonyl (C=O) groups excluding carboxylic acids is 1. The van der Waals surface area contributed by atoms with Crippen LogP contribution in [0.5, 0.6) is 0 Å². The van der Waals surface area contributed by atoms with E-state index in [9.17, 15) is 9.18 Å². The maximum Gasteiger partial charge on any atom is 0.223 e. The number of ether oxygens (including phenoxy) is 1. The number of rotatable bonds is 6. The van der Waals surface area contributed by atoms with Gasteiger partial charge in [-0.3, -0.25) is 9.69 Å². The molecule has 2 aromatic carbocycles. The molecular weight excluding hydrogens is 379 g/mol. The number of halogens is 2. The van der Waals surface area contributed by atoms with Crippen molar-refractivity contribution in [3.05, 3.63) is 70.5 Å². The van der Waals surface area contributed by atoms with Crippen LogP contribution in [0.3, 0.4) is 0 Å². The number of carbonyl (C=O) groups is 1. The predicted octanol–water partition coefficient (Wildman–Crippen LogP) is 3.77. The Balaban J connectivity index is 1.40. The number of benzene rings is 2. The van der Waals surface area contributed by atoms with Gasteiger partial charge in [0.15, 0.2) is 0 Å². The molecule has 2 aliphatic rings. The molecule has 0 radical (unpaired) electrons. The zero-order valence-corrected chi connectivity index (χ0v) is 16.4. The lowest BCUT2D eigenvalue weighted by molar-refractivity contribution is -0.122. The number of nitrogens with zero attached hydrogens (tertiary/aromatic N) is 1. The normalized spacial score (nSPS) is 23.2. The lowest BCUT2D eigenvalue weighted by atomic mass is 10.0. The molecule has 6 heteroatoms. The Morgan fingerprint density at radius 3 is 2.68 bits per heavy atom. The second-order valence-electron chi connectivity index (χ2n) is 7.46. The zero-order chi connectivity index (χ0) is 19.5. The van der Waals surface area contributed by atoms with Crippen molar-refractivity contribution in [2.24, 2.45) is 5.92 Å². The maximum absolute atomic E-state index is 13.8. The maximum atomic E-state index is 13.8. The van der Waals surface area contributed by atoms with Gasteiger partial charge in [-0.15, -0.1) is 0 Å². The summed E-state index contributed by atoms with van der Waals surface area (Å²) in [6, 6.07) is 14.3. The van der Waals surface area contributed by atoms with Crippen molar-refractivity contribution in [3.63, 3.8) is 0 Å². The quantitative estimate of drug-likeness (QED) is 0.799. The minimum absolute atomic E-state index is 0.000904. The molecule has 3 unspecified atom stereocenters. The van der Waals surface area contributed by atoms with Gasteiger partial charge in [0.05, 0.1) is 19.3 Å². The van der Waals surface area contributed by atoms with Gasteiger partial charge in [0.25, 0.3) is 0 Å². The van der Waals surface area contributed by atoms with Crippen LogP contribution in [0, 0.1) is 11.7 Å². The third kappa shape index (κ3) is 4.54. The Labute approximate surface area is 169 Å². The Morgan fingerprint density at radius 1 is 1.21 bits per heavy atom. The molecule has 2 fully saturated rings. The number of nitrogens with one attached hydrogen (secondary N) is 1. The average molecular weight is 403 g/mol. The van der Waals surface area contributed by atoms with E-state index >= 15 is 0 Å². The van der Waals surface area contributed by atoms with Gasteiger partial charge in [0, 0.05) is 30.6 Å². The summed E-state index contributed by atoms with van der Waals surface area (Å²) in [5.41, 5.74) is 2.03. The third-order valence-electron chi connectivity index (χ3n) is 5.61. The summed E-state index contributed by atoms with van der Waals surface area (Å²) in [5.74, 6) is 0.0639. The number of amides is 1. The van der Waals surface area contributed by atoms with E-state index in [0.717, 1.165) is 30.6 Å². The molecule has 1 heterocycles. The Kier molecular flexibility index (Phi) is 5.95. The van der Waals surface area contributed by atoms with Crippen molar-refractivity contribution >= 4 is 17.5 Å². The van der Waals surface area contributed by atoms with Crippen molar-refractivity contribution in [1.82, 2.24) is 10.2 Å². The Morgan fingerprint density at radius 2 is 1.96 bits per heavy atom. The van der Waals surface area contributed by atoms with E-state index in [4.69, 9.17) is 16.3 Å². The molecule has 28 heavy (non-hydrogen) atoms. The predicted molar refractivity (Wildman–Crippen MR) is 107 cm³/mol. The highest BCUT2D eigenvalue weighted by Gasteiger charge is 2.44. The molecule has 1 N–H and O–H groups in total. The fourth-order valence-corrected chi connectivity index (χ4v) is 4.08. The second-order valence-corrected chi connectivity index (χ2v) is 7.90. The summed E-state index contributed by atoms with van der Waals surface area (Å²) in [4.78, 5) is 14.9. The monoisotopic (exact) mass is 402 g/mol. The second kappa shape index (κ2) is 8.60. The molecule has 2 aromatic rings. The van der Waals surface area contributed by atoms with Crippen LogP contribution in [0.1, 0.15) is 29.5 Å². The summed E-state index contributed by atoms with van der Waals surface area (Å²) in [6.07, 6.45) is 0.857. The van der Waals surface area contributed by atoms with Gasteiger partial charge in [0.2, 0.25) is 5.91 Å². The first-order valence-electron chi connectivity index (χ1n) is 9.72. The van der Waals surface area contributed by atoms with E-state index in [1.807, 2.05) is 30.3 Å². The van der Waals surface area contributed by atoms with Crippen LogP contribution in [0.2, 0.25) is 5.02 Å². The fraction of sp³-hybridized carbons (Fsp3) is 0.409. The van der Waals surface area contributed by atoms with Crippen molar-refractivity contribution in [2.45, 2.75) is 18.4 Å². The molecule has 4 rings (SSSR count). The Bertz CT molecular complexity index is 824. The summed E-state index contributed by atoms with van der Waals surface area (Å²) in [5, 5.41) is 3.80. The summed E-state index contributed by atoms with van der Waals surface area (Å²) in [7, 11) is 0. The molecule has 148 valence electrons. The standard InChI is InChI=1S/C22H24ClFN2O2/c23-17-6-4-15(5-7-17)19-13-20(19)22(27)25-14-21(26-8-10-28-11-9-26)16-2-1-3-18(24)12-16/h1-7,12,19-21H,8-11,13-14H2,(H,25,27). The van der Waals surface area contributed by atoms with E-state index in [1.54, 1.807) is 12.1 Å². The molecule has 3 atom stereocenters. The van der Waals surface area contributed by atoms with Crippen LogP contribution in [-0.4, -0.2) is 43.7 Å². The molecule has 0 aromatic heterocycles. The minimum atomic E-state index is -0.257. The van der Waals surface area contributed by atoms with Gasteiger partial charge in [0.1, 0.15) is 5.82 Å². The highest BCUT2D eigenvalue weighted by atomic mass is 35.5. The van der Waals surface area contributed by atoms with E-state index in [-0.39, 0.29) is 29.6 Å². The topological polar surface area (TPSA) is 41.6 Å². The van der Waals surface area contributed by atoms with E-state index in [0.29, 0.717) is 24.8 Å². The smallest absolute Gasteiger partial charge is 0.223 e. The number of hydrogen-bond donors (Lipinski definition) is 1. The molecule has 0 bridgehead atoms. The molecule has 1 aliphatic heterocycles. The van der Waals surface area contributed by atoms with Crippen LogP contribution in [0.25, 0.3) is 0 Å². The van der Waals surface area contributed by atoms with Crippen molar-refractivity contribution in [3.8, 4) is 0 Å². The molecule has 4 nitrogen and oxygen atoms in total. The highest BCUT2D eigenvalue weighted by molar-refractivity contribution is 6.30. The van der Waals surface area contributed by atoms with E-state index < -0.39 is 0 Å². The van der Waals surface area contributed by atoms with E-state index in [2.05, 4.69) is 10.2 Å². The largest absolute Gasteiger partial charge is 0.379 e. The average Bonchev–Trinajstić information content (AvgIpc) is 3.50. The molecule has 1 saturated heterocycles. The first-order chi connectivity index (χ1) is 13.6. The molecular formula is C22H24ClFN2O2. The molecule has 1 saturated carbocycles. The SMILES string of the molecule is O=C(NCC(c1cccc(F)c1)N1CCOCC1)C1CC1c1ccc(Cl)cc1. The lowest BCUT2D eigenvalue weighted by Crippen LogP contribution is -2.44. The molecule has 0 spiro atoms. The van der Waals surface area contributed by atoms with Crippen LogP contribution in [0.4, 0.5) is 4.39 Å². The minimum Gasteiger partial charge on any atom is -0.379 e. The van der Waals surface area contributed by atoms with Crippen LogP contribution < -0.4 is 5.32 Å². The first kappa shape index (κ1) is 19.4. The van der Waals surface area contributed by atoms with Crippen LogP contribution in [0.15, 0.2) is 48.5 Å². The van der Waals surface area contributed by atoms with Crippen molar-refractivity contribution < 1.29 is 13.9 Å². The summed E-state index contributed by atoms with van der Waals surface area (Å²) < 4.78 is 19.2. The lowest BCUT2D eigenvalue weighted by Gasteiger charge is -2.35.